The van der Waals surface area contributed by atoms with Crippen LogP contribution in [0.5, 0.6) is 5.75 Å². The first-order chi connectivity index (χ1) is 15.9. The predicted molar refractivity (Wildman–Crippen MR) is 109 cm³/mol. The summed E-state index contributed by atoms with van der Waals surface area (Å²) in [4.78, 5) is 29.9. The molecule has 176 valence electrons. The third-order valence-electron chi connectivity index (χ3n) is 7.11. The lowest BCUT2D eigenvalue weighted by atomic mass is 9.81. The van der Waals surface area contributed by atoms with Crippen LogP contribution in [-0.2, 0) is 40.6 Å². The van der Waals surface area contributed by atoms with Crippen molar-refractivity contribution in [1.82, 2.24) is 9.55 Å². The van der Waals surface area contributed by atoms with E-state index in [2.05, 4.69) is 4.98 Å². The van der Waals surface area contributed by atoms with Gasteiger partial charge in [-0.25, -0.2) is 9.78 Å². The Morgan fingerprint density at radius 3 is 2.59 bits per heavy atom. The molecule has 0 fully saturated rings. The number of nitrogens with zero attached hydrogens (tertiary/aromatic N) is 2. The monoisotopic (exact) mass is 476 g/mol. The Morgan fingerprint density at radius 1 is 1.15 bits per heavy atom. The molecule has 2 aliphatic heterocycles. The highest BCUT2D eigenvalue weighted by Crippen LogP contribution is 2.56. The van der Waals surface area contributed by atoms with Crippen LogP contribution in [0.2, 0.25) is 0 Å². The number of aliphatic hydroxyl groups is 1. The fraction of sp³-hybridized carbons (Fsp3) is 0.348. The summed E-state index contributed by atoms with van der Waals surface area (Å²) < 4.78 is 65.8. The zero-order valence-electron chi connectivity index (χ0n) is 17.6. The van der Waals surface area contributed by atoms with Gasteiger partial charge in [-0.2, -0.15) is 17.6 Å². The molecule has 1 aliphatic carbocycles. The minimum Gasteiger partial charge on any atom is -0.508 e. The summed E-state index contributed by atoms with van der Waals surface area (Å²) in [7, 11) is 0. The summed E-state index contributed by atoms with van der Waals surface area (Å²) in [6.45, 7) is 0.635. The first-order valence-corrected chi connectivity index (χ1v) is 10.5. The molecular formula is C23H16F4N2O5. The SMILES string of the molecule is CC[C@@]1(O)C(=O)OCc2c1cc1n(c2=O)Cc2c-1nc1ccc(O)c3c1c2C(F)(F)C(F)(F)C3. The lowest BCUT2D eigenvalue weighted by Gasteiger charge is -2.34. The second-order valence-corrected chi connectivity index (χ2v) is 8.83. The average Bonchev–Trinajstić information content (AvgIpc) is 3.15. The highest BCUT2D eigenvalue weighted by atomic mass is 19.3. The number of ether oxygens (including phenoxy) is 1. The van der Waals surface area contributed by atoms with E-state index < -0.39 is 59.9 Å². The van der Waals surface area contributed by atoms with E-state index >= 15 is 8.78 Å². The Hall–Kier alpha value is -3.47. The van der Waals surface area contributed by atoms with Gasteiger partial charge in [0.2, 0.25) is 0 Å². The van der Waals surface area contributed by atoms with Crippen molar-refractivity contribution >= 4 is 16.9 Å². The van der Waals surface area contributed by atoms with Crippen molar-refractivity contribution in [3.63, 3.8) is 0 Å². The first kappa shape index (κ1) is 21.1. The zero-order chi connectivity index (χ0) is 24.4. The number of hydrogen-bond donors (Lipinski definition) is 2. The zero-order valence-corrected chi connectivity index (χ0v) is 17.6. The van der Waals surface area contributed by atoms with Gasteiger partial charge in [0.05, 0.1) is 29.0 Å². The fourth-order valence-corrected chi connectivity index (χ4v) is 5.27. The van der Waals surface area contributed by atoms with E-state index in [0.717, 1.165) is 10.6 Å². The number of carbonyl (C=O) groups is 1. The Morgan fingerprint density at radius 2 is 1.88 bits per heavy atom. The largest absolute Gasteiger partial charge is 0.508 e. The molecule has 0 saturated carbocycles. The summed E-state index contributed by atoms with van der Waals surface area (Å²) in [5.74, 6) is -10.6. The molecular weight excluding hydrogens is 460 g/mol. The van der Waals surface area contributed by atoms with Gasteiger partial charge >= 0.3 is 17.8 Å². The van der Waals surface area contributed by atoms with Gasteiger partial charge in [-0.05, 0) is 24.6 Å². The third kappa shape index (κ3) is 2.27. The molecule has 4 heterocycles. The van der Waals surface area contributed by atoms with Gasteiger partial charge in [-0.15, -0.1) is 0 Å². The number of benzene rings is 1. The number of pyridine rings is 2. The normalized spacial score (nSPS) is 23.3. The molecule has 0 amide bonds. The number of halogens is 4. The van der Waals surface area contributed by atoms with Gasteiger partial charge in [0.25, 0.3) is 5.56 Å². The van der Waals surface area contributed by atoms with Crippen LogP contribution in [0.3, 0.4) is 0 Å². The summed E-state index contributed by atoms with van der Waals surface area (Å²) in [6.07, 6.45) is -1.47. The van der Waals surface area contributed by atoms with Gasteiger partial charge < -0.3 is 19.5 Å². The van der Waals surface area contributed by atoms with Crippen LogP contribution in [-0.4, -0.2) is 31.7 Å². The second kappa shape index (κ2) is 6.15. The van der Waals surface area contributed by atoms with Gasteiger partial charge in [0.1, 0.15) is 12.4 Å². The maximum absolute atomic E-state index is 15.2. The van der Waals surface area contributed by atoms with E-state index in [1.165, 1.54) is 19.1 Å². The Bertz CT molecular complexity index is 1530. The summed E-state index contributed by atoms with van der Waals surface area (Å²) >= 11 is 0. The third-order valence-corrected chi connectivity index (χ3v) is 7.11. The quantitative estimate of drug-likeness (QED) is 0.324. The molecule has 2 aromatic heterocycles. The second-order valence-electron chi connectivity index (χ2n) is 8.83. The van der Waals surface area contributed by atoms with E-state index in [0.29, 0.717) is 0 Å². The number of esters is 1. The molecule has 3 aromatic rings. The molecule has 1 aromatic carbocycles. The van der Waals surface area contributed by atoms with Crippen molar-refractivity contribution in [1.29, 1.82) is 0 Å². The van der Waals surface area contributed by atoms with Crippen LogP contribution >= 0.6 is 0 Å². The van der Waals surface area contributed by atoms with Gasteiger partial charge in [0.15, 0.2) is 5.60 Å². The smallest absolute Gasteiger partial charge is 0.343 e. The van der Waals surface area contributed by atoms with E-state index in [1.807, 2.05) is 0 Å². The average molecular weight is 476 g/mol. The van der Waals surface area contributed by atoms with Crippen LogP contribution in [0.15, 0.2) is 23.0 Å². The maximum Gasteiger partial charge on any atom is 0.343 e. The van der Waals surface area contributed by atoms with Crippen LogP contribution in [0, 0.1) is 0 Å². The lowest BCUT2D eigenvalue weighted by Crippen LogP contribution is -2.44. The Kier molecular flexibility index (Phi) is 3.81. The van der Waals surface area contributed by atoms with Crippen molar-refractivity contribution in [2.75, 3.05) is 0 Å². The van der Waals surface area contributed by atoms with Crippen LogP contribution < -0.4 is 5.56 Å². The number of hydrogen-bond acceptors (Lipinski definition) is 6. The fourth-order valence-electron chi connectivity index (χ4n) is 5.27. The van der Waals surface area contributed by atoms with Crippen molar-refractivity contribution < 1.29 is 37.3 Å². The minimum absolute atomic E-state index is 0.0191. The number of phenolic OH excluding ortho intramolecular Hbond substituents is 1. The summed E-state index contributed by atoms with van der Waals surface area (Å²) in [5, 5.41) is 20.8. The molecule has 1 atom stereocenters. The van der Waals surface area contributed by atoms with Crippen molar-refractivity contribution in [3.05, 3.63) is 56.4 Å². The van der Waals surface area contributed by atoms with E-state index in [-0.39, 0.29) is 51.0 Å². The highest BCUT2D eigenvalue weighted by molar-refractivity contribution is 5.94. The van der Waals surface area contributed by atoms with Crippen LogP contribution in [0.4, 0.5) is 17.6 Å². The highest BCUT2D eigenvalue weighted by Gasteiger charge is 2.62. The Balaban J connectivity index is 1.72. The van der Waals surface area contributed by atoms with E-state index in [9.17, 15) is 28.6 Å². The van der Waals surface area contributed by atoms with Crippen molar-refractivity contribution in [3.8, 4) is 17.1 Å². The molecule has 0 saturated heterocycles. The number of aromatic nitrogens is 2. The summed E-state index contributed by atoms with van der Waals surface area (Å²) in [6, 6.07) is 3.68. The predicted octanol–water partition coefficient (Wildman–Crippen LogP) is 3.07. The molecule has 11 heteroatoms. The molecule has 0 spiro atoms. The van der Waals surface area contributed by atoms with Crippen LogP contribution in [0.1, 0.15) is 41.2 Å². The molecule has 34 heavy (non-hydrogen) atoms. The molecule has 0 radical (unpaired) electrons. The van der Waals surface area contributed by atoms with Crippen LogP contribution in [0.25, 0.3) is 22.3 Å². The molecule has 3 aliphatic rings. The molecule has 2 N–H and O–H groups in total. The number of aromatic hydroxyl groups is 1. The Labute approximate surface area is 188 Å². The number of phenols is 1. The summed E-state index contributed by atoms with van der Waals surface area (Å²) in [5.41, 5.74) is -4.57. The number of rotatable bonds is 1. The van der Waals surface area contributed by atoms with Gasteiger partial charge in [-0.1, -0.05) is 6.92 Å². The van der Waals surface area contributed by atoms with Crippen molar-refractivity contribution in [2.24, 2.45) is 0 Å². The molecule has 0 bridgehead atoms. The number of fused-ring (bicyclic) bond motifs is 5. The molecule has 6 rings (SSSR count). The number of carbonyl (C=O) groups excluding carboxylic acids is 1. The molecule has 7 nitrogen and oxygen atoms in total. The van der Waals surface area contributed by atoms with E-state index in [1.54, 1.807) is 0 Å². The maximum atomic E-state index is 15.2. The molecule has 0 unspecified atom stereocenters. The lowest BCUT2D eigenvalue weighted by molar-refractivity contribution is -0.217. The standard InChI is InChI=1S/C23H16F4N2O5/c1-2-21(33)12-5-14-18-10(7-29(14)19(31)11(12)8-34-20(21)32)17-16-9(6-22(24,25)23(17,26)27)15(30)4-3-13(16)28-18/h3-5,30,33H,2,6-8H2,1H3/t21-/m0/s1. The van der Waals surface area contributed by atoms with E-state index in [4.69, 9.17) is 4.74 Å². The van der Waals surface area contributed by atoms with Crippen molar-refractivity contribution in [2.45, 2.75) is 50.4 Å². The first-order valence-electron chi connectivity index (χ1n) is 10.5. The van der Waals surface area contributed by atoms with Gasteiger partial charge in [0, 0.05) is 34.1 Å². The number of alkyl halides is 4. The van der Waals surface area contributed by atoms with Gasteiger partial charge in [-0.3, -0.25) is 4.79 Å². The topological polar surface area (TPSA) is 102 Å². The minimum atomic E-state index is -4.59. The number of cyclic esters (lactones) is 1.